The number of aliphatic carboxylic acids is 1. The van der Waals surface area contributed by atoms with Crippen molar-refractivity contribution in [1.29, 1.82) is 0 Å². The largest absolute Gasteiger partial charge is 0.480 e. The Balaban J connectivity index is 3.04. The molecule has 0 saturated carbocycles. The van der Waals surface area contributed by atoms with Crippen LogP contribution >= 0.6 is 15.9 Å². The molecule has 0 fully saturated rings. The summed E-state index contributed by atoms with van der Waals surface area (Å²) in [5.74, 6) is -2.30. The molecule has 1 amide bonds. The van der Waals surface area contributed by atoms with Crippen LogP contribution in [0.2, 0.25) is 0 Å². The highest BCUT2D eigenvalue weighted by atomic mass is 79.9. The van der Waals surface area contributed by atoms with Crippen molar-refractivity contribution < 1.29 is 32.6 Å². The monoisotopic (exact) mass is 369 g/mol. The summed E-state index contributed by atoms with van der Waals surface area (Å²) in [5, 5.41) is 11.0. The van der Waals surface area contributed by atoms with Crippen LogP contribution in [0.15, 0.2) is 22.7 Å². The third-order valence-corrected chi connectivity index (χ3v) is 3.17. The fraction of sp³-hybridized carbons (Fsp3) is 0.333. The lowest BCUT2D eigenvalue weighted by atomic mass is 10.1. The van der Waals surface area contributed by atoms with Gasteiger partial charge in [0.2, 0.25) is 0 Å². The van der Waals surface area contributed by atoms with Gasteiger partial charge in [0.25, 0.3) is 5.91 Å². The van der Waals surface area contributed by atoms with Gasteiger partial charge < -0.3 is 15.2 Å². The first-order valence-electron chi connectivity index (χ1n) is 5.56. The summed E-state index contributed by atoms with van der Waals surface area (Å²) in [4.78, 5) is 22.8. The minimum Gasteiger partial charge on any atom is -0.480 e. The molecule has 9 heteroatoms. The van der Waals surface area contributed by atoms with Crippen LogP contribution in [-0.2, 0) is 15.7 Å². The Morgan fingerprint density at radius 2 is 2.05 bits per heavy atom. The van der Waals surface area contributed by atoms with Crippen molar-refractivity contribution in [1.82, 2.24) is 5.32 Å². The third-order valence-electron chi connectivity index (χ3n) is 2.48. The number of carboxylic acids is 1. The number of carbonyl (C=O) groups is 2. The van der Waals surface area contributed by atoms with Gasteiger partial charge in [0.15, 0.2) is 6.04 Å². The van der Waals surface area contributed by atoms with Crippen LogP contribution in [0.4, 0.5) is 13.2 Å². The van der Waals surface area contributed by atoms with Gasteiger partial charge in [0.05, 0.1) is 17.7 Å². The SMILES string of the molecule is COCC(NC(=O)c1cc(C(F)(F)F)ccc1Br)C(=O)O. The van der Waals surface area contributed by atoms with E-state index in [1.807, 2.05) is 0 Å². The number of nitrogens with one attached hydrogen (secondary N) is 1. The van der Waals surface area contributed by atoms with E-state index in [1.54, 1.807) is 0 Å². The van der Waals surface area contributed by atoms with Crippen molar-refractivity contribution >= 4 is 27.8 Å². The number of methoxy groups -OCH3 is 1. The van der Waals surface area contributed by atoms with E-state index >= 15 is 0 Å². The molecule has 0 bridgehead atoms. The second kappa shape index (κ2) is 6.90. The normalized spacial score (nSPS) is 12.8. The van der Waals surface area contributed by atoms with Crippen LogP contribution in [0.5, 0.6) is 0 Å². The van der Waals surface area contributed by atoms with Crippen molar-refractivity contribution in [2.75, 3.05) is 13.7 Å². The van der Waals surface area contributed by atoms with Crippen molar-refractivity contribution in [2.45, 2.75) is 12.2 Å². The molecule has 0 spiro atoms. The van der Waals surface area contributed by atoms with Crippen molar-refractivity contribution in [3.8, 4) is 0 Å². The van der Waals surface area contributed by atoms with Gasteiger partial charge in [0.1, 0.15) is 0 Å². The number of carbonyl (C=O) groups excluding carboxylic acids is 1. The Hall–Kier alpha value is -1.61. The molecule has 1 unspecified atom stereocenters. The predicted molar refractivity (Wildman–Crippen MR) is 69.9 cm³/mol. The number of hydrogen-bond acceptors (Lipinski definition) is 3. The van der Waals surface area contributed by atoms with Crippen molar-refractivity contribution in [3.63, 3.8) is 0 Å². The number of carboxylic acid groups (broad SMARTS) is 1. The first kappa shape index (κ1) is 17.4. The zero-order valence-electron chi connectivity index (χ0n) is 10.7. The minimum atomic E-state index is -4.60. The summed E-state index contributed by atoms with van der Waals surface area (Å²) in [5.41, 5.74) is -1.32. The lowest BCUT2D eigenvalue weighted by molar-refractivity contribution is -0.140. The van der Waals surface area contributed by atoms with Gasteiger partial charge in [-0.1, -0.05) is 0 Å². The van der Waals surface area contributed by atoms with Gasteiger partial charge >= 0.3 is 12.1 Å². The molecular formula is C12H11BrF3NO4. The molecule has 0 aromatic heterocycles. The van der Waals surface area contributed by atoms with E-state index in [1.165, 1.54) is 7.11 Å². The van der Waals surface area contributed by atoms with E-state index in [4.69, 9.17) is 5.11 Å². The van der Waals surface area contributed by atoms with Crippen LogP contribution in [0.25, 0.3) is 0 Å². The molecule has 1 rings (SSSR count). The highest BCUT2D eigenvalue weighted by molar-refractivity contribution is 9.10. The van der Waals surface area contributed by atoms with Crippen LogP contribution in [-0.4, -0.2) is 36.7 Å². The first-order valence-corrected chi connectivity index (χ1v) is 6.35. The van der Waals surface area contributed by atoms with Crippen molar-refractivity contribution in [2.24, 2.45) is 0 Å². The van der Waals surface area contributed by atoms with Gasteiger partial charge in [0, 0.05) is 11.6 Å². The highest BCUT2D eigenvalue weighted by Crippen LogP contribution is 2.31. The molecule has 0 aliphatic carbocycles. The summed E-state index contributed by atoms with van der Waals surface area (Å²) in [6.45, 7) is -0.308. The highest BCUT2D eigenvalue weighted by Gasteiger charge is 2.32. The molecule has 1 aromatic rings. The van der Waals surface area contributed by atoms with Gasteiger partial charge in [-0.15, -0.1) is 0 Å². The second-order valence-electron chi connectivity index (χ2n) is 4.01. The Labute approximate surface area is 126 Å². The van der Waals surface area contributed by atoms with Crippen LogP contribution in [0.3, 0.4) is 0 Å². The summed E-state index contributed by atoms with van der Waals surface area (Å²) < 4.78 is 42.6. The number of amides is 1. The Kier molecular flexibility index (Phi) is 5.73. The first-order chi connectivity index (χ1) is 9.66. The zero-order valence-corrected chi connectivity index (χ0v) is 12.3. The van der Waals surface area contributed by atoms with Gasteiger partial charge in [-0.2, -0.15) is 13.2 Å². The number of halogens is 4. The summed E-state index contributed by atoms with van der Waals surface area (Å²) >= 11 is 2.96. The van der Waals surface area contributed by atoms with Crippen LogP contribution in [0.1, 0.15) is 15.9 Å². The maximum Gasteiger partial charge on any atom is 0.416 e. The molecule has 1 aromatic carbocycles. The number of hydrogen-bond donors (Lipinski definition) is 2. The van der Waals surface area contributed by atoms with Gasteiger partial charge in [-0.3, -0.25) is 4.79 Å². The summed E-state index contributed by atoms with van der Waals surface area (Å²) in [6.07, 6.45) is -4.60. The average Bonchev–Trinajstić information content (AvgIpc) is 2.36. The molecule has 21 heavy (non-hydrogen) atoms. The fourth-order valence-corrected chi connectivity index (χ4v) is 1.88. The van der Waals surface area contributed by atoms with Crippen LogP contribution in [0, 0.1) is 0 Å². The number of alkyl halides is 3. The van der Waals surface area contributed by atoms with E-state index < -0.39 is 29.7 Å². The van der Waals surface area contributed by atoms with Crippen LogP contribution < -0.4 is 5.32 Å². The summed E-state index contributed by atoms with van der Waals surface area (Å²) in [6, 6.07) is 1.17. The smallest absolute Gasteiger partial charge is 0.416 e. The lowest BCUT2D eigenvalue weighted by Crippen LogP contribution is -2.44. The zero-order chi connectivity index (χ0) is 16.2. The number of ether oxygens (including phenoxy) is 1. The number of benzene rings is 1. The maximum atomic E-state index is 12.6. The van der Waals surface area contributed by atoms with E-state index in [9.17, 15) is 22.8 Å². The van der Waals surface area contributed by atoms with Gasteiger partial charge in [-0.25, -0.2) is 4.79 Å². The molecule has 5 nitrogen and oxygen atoms in total. The molecule has 116 valence electrons. The molecular weight excluding hydrogens is 359 g/mol. The third kappa shape index (κ3) is 4.71. The standard InChI is InChI=1S/C12H11BrF3NO4/c1-21-5-9(11(19)20)17-10(18)7-4-6(12(14,15)16)2-3-8(7)13/h2-4,9H,5H2,1H3,(H,17,18)(H,19,20). The van der Waals surface area contributed by atoms with Crippen molar-refractivity contribution in [3.05, 3.63) is 33.8 Å². The Bertz CT molecular complexity index is 548. The fourth-order valence-electron chi connectivity index (χ4n) is 1.45. The van der Waals surface area contributed by atoms with Gasteiger partial charge in [-0.05, 0) is 34.1 Å². The quantitative estimate of drug-likeness (QED) is 0.834. The minimum absolute atomic E-state index is 0.120. The van der Waals surface area contributed by atoms with E-state index in [2.05, 4.69) is 26.0 Å². The molecule has 0 aliphatic rings. The second-order valence-corrected chi connectivity index (χ2v) is 4.87. The Morgan fingerprint density at radius 1 is 1.43 bits per heavy atom. The molecule has 0 radical (unpaired) electrons. The molecule has 0 aliphatic heterocycles. The molecule has 0 heterocycles. The molecule has 0 saturated heterocycles. The average molecular weight is 370 g/mol. The van der Waals surface area contributed by atoms with E-state index in [0.717, 1.165) is 12.1 Å². The molecule has 2 N–H and O–H groups in total. The topological polar surface area (TPSA) is 75.6 Å². The lowest BCUT2D eigenvalue weighted by Gasteiger charge is -2.15. The Morgan fingerprint density at radius 3 is 2.52 bits per heavy atom. The van der Waals surface area contributed by atoms with E-state index in [-0.39, 0.29) is 16.6 Å². The molecule has 1 atom stereocenters. The van der Waals surface area contributed by atoms with E-state index in [0.29, 0.717) is 6.07 Å². The summed E-state index contributed by atoms with van der Waals surface area (Å²) in [7, 11) is 1.24. The predicted octanol–water partition coefficient (Wildman–Crippen LogP) is 2.30. The maximum absolute atomic E-state index is 12.6. The number of rotatable bonds is 5.